The zero-order chi connectivity index (χ0) is 15.8. The Kier molecular flexibility index (Phi) is 3.31. The summed E-state index contributed by atoms with van der Waals surface area (Å²) in [6.07, 6.45) is 0.883. The summed E-state index contributed by atoms with van der Waals surface area (Å²) < 4.78 is 0. The number of aromatic amines is 1. The number of anilines is 1. The van der Waals surface area contributed by atoms with E-state index >= 15 is 0 Å². The van der Waals surface area contributed by atoms with Gasteiger partial charge in [-0.1, -0.05) is 31.2 Å². The van der Waals surface area contributed by atoms with Crippen molar-refractivity contribution >= 4 is 22.6 Å². The molecule has 0 atom stereocenters. The van der Waals surface area contributed by atoms with Crippen LogP contribution >= 0.6 is 0 Å². The van der Waals surface area contributed by atoms with Crippen LogP contribution in [0.25, 0.3) is 10.9 Å². The number of rotatable bonds is 3. The Morgan fingerprint density at radius 1 is 1.26 bits per heavy atom. The van der Waals surface area contributed by atoms with Gasteiger partial charge in [0.25, 0.3) is 5.91 Å². The monoisotopic (exact) mass is 307 g/mol. The van der Waals surface area contributed by atoms with Crippen molar-refractivity contribution in [3.8, 4) is 0 Å². The fourth-order valence-corrected chi connectivity index (χ4v) is 2.95. The maximum atomic E-state index is 12.5. The molecule has 0 saturated heterocycles. The van der Waals surface area contributed by atoms with Gasteiger partial charge in [-0.15, -0.1) is 0 Å². The molecule has 1 aliphatic rings. The molecule has 0 saturated carbocycles. The molecule has 2 aromatic heterocycles. The van der Waals surface area contributed by atoms with Crippen LogP contribution in [0.4, 0.5) is 5.82 Å². The van der Waals surface area contributed by atoms with Crippen LogP contribution in [0.15, 0.2) is 30.3 Å². The van der Waals surface area contributed by atoms with Gasteiger partial charge in [0.15, 0.2) is 5.82 Å². The highest BCUT2D eigenvalue weighted by atomic mass is 16.2. The van der Waals surface area contributed by atoms with Crippen LogP contribution in [-0.4, -0.2) is 21.1 Å². The van der Waals surface area contributed by atoms with Crippen LogP contribution in [0, 0.1) is 0 Å². The highest BCUT2D eigenvalue weighted by molar-refractivity contribution is 6.04. The number of hydrogen-bond acceptors (Lipinski definition) is 4. The average molecular weight is 307 g/mol. The number of benzene rings is 1. The molecule has 0 bridgehead atoms. The van der Waals surface area contributed by atoms with E-state index in [-0.39, 0.29) is 5.91 Å². The average Bonchev–Trinajstić information content (AvgIpc) is 3.18. The molecule has 0 unspecified atom stereocenters. The van der Waals surface area contributed by atoms with E-state index in [9.17, 15) is 4.79 Å². The van der Waals surface area contributed by atoms with Crippen LogP contribution in [0.2, 0.25) is 0 Å². The second-order valence-electron chi connectivity index (χ2n) is 5.63. The van der Waals surface area contributed by atoms with Crippen LogP contribution in [-0.2, 0) is 19.5 Å². The topological polar surface area (TPSA) is 82.7 Å². The van der Waals surface area contributed by atoms with Gasteiger partial charge in [-0.2, -0.15) is 5.10 Å². The van der Waals surface area contributed by atoms with Gasteiger partial charge in [-0.3, -0.25) is 9.89 Å². The summed E-state index contributed by atoms with van der Waals surface area (Å²) >= 11 is 0. The van der Waals surface area contributed by atoms with Crippen molar-refractivity contribution in [2.24, 2.45) is 0 Å². The van der Waals surface area contributed by atoms with Crippen molar-refractivity contribution in [2.45, 2.75) is 26.4 Å². The minimum absolute atomic E-state index is 0.237. The molecule has 116 valence electrons. The van der Waals surface area contributed by atoms with Crippen molar-refractivity contribution in [2.75, 3.05) is 5.32 Å². The number of aromatic nitrogens is 3. The fraction of sp³-hybridized carbons (Fsp3) is 0.235. The smallest absolute Gasteiger partial charge is 0.275 e. The molecule has 0 spiro atoms. The molecule has 1 aliphatic heterocycles. The molecule has 4 rings (SSSR count). The minimum Gasteiger partial charge on any atom is -0.307 e. The Labute approximate surface area is 133 Å². The van der Waals surface area contributed by atoms with Crippen LogP contribution in [0.5, 0.6) is 0 Å². The van der Waals surface area contributed by atoms with Crippen molar-refractivity contribution in [3.05, 3.63) is 52.8 Å². The van der Waals surface area contributed by atoms with E-state index in [1.807, 2.05) is 24.3 Å². The number of para-hydroxylation sites is 1. The van der Waals surface area contributed by atoms with Gasteiger partial charge >= 0.3 is 0 Å². The van der Waals surface area contributed by atoms with Gasteiger partial charge in [-0.25, -0.2) is 4.98 Å². The first-order chi connectivity index (χ1) is 11.3. The summed E-state index contributed by atoms with van der Waals surface area (Å²) in [5, 5.41) is 14.2. The molecule has 23 heavy (non-hydrogen) atoms. The second-order valence-corrected chi connectivity index (χ2v) is 5.63. The van der Waals surface area contributed by atoms with Crippen LogP contribution in [0.3, 0.4) is 0 Å². The number of fused-ring (bicyclic) bond motifs is 2. The molecular formula is C17H17N5O. The number of nitrogens with zero attached hydrogens (tertiary/aromatic N) is 2. The molecule has 0 radical (unpaired) electrons. The van der Waals surface area contributed by atoms with E-state index in [1.165, 1.54) is 0 Å². The number of aryl methyl sites for hydroxylation is 1. The zero-order valence-electron chi connectivity index (χ0n) is 12.8. The van der Waals surface area contributed by atoms with E-state index in [0.717, 1.165) is 40.7 Å². The van der Waals surface area contributed by atoms with Crippen LogP contribution in [0.1, 0.15) is 34.2 Å². The molecular weight excluding hydrogens is 290 g/mol. The van der Waals surface area contributed by atoms with E-state index in [0.29, 0.717) is 18.1 Å². The van der Waals surface area contributed by atoms with Gasteiger partial charge in [0, 0.05) is 24.0 Å². The number of pyridine rings is 1. The maximum absolute atomic E-state index is 12.5. The van der Waals surface area contributed by atoms with Crippen molar-refractivity contribution in [1.29, 1.82) is 0 Å². The number of H-pyrrole nitrogens is 1. The predicted octanol–water partition coefficient (Wildman–Crippen LogP) is 2.38. The number of nitrogens with one attached hydrogen (secondary N) is 3. The van der Waals surface area contributed by atoms with Gasteiger partial charge in [0.2, 0.25) is 0 Å². The Morgan fingerprint density at radius 2 is 2.17 bits per heavy atom. The number of hydrogen-bond donors (Lipinski definition) is 3. The van der Waals surface area contributed by atoms with E-state index in [2.05, 4.69) is 32.7 Å². The molecule has 0 aliphatic carbocycles. The lowest BCUT2D eigenvalue weighted by molar-refractivity contribution is 0.102. The van der Waals surface area contributed by atoms with Gasteiger partial charge < -0.3 is 10.6 Å². The molecule has 3 aromatic rings. The van der Waals surface area contributed by atoms with Gasteiger partial charge in [0.05, 0.1) is 11.2 Å². The molecule has 1 aromatic carbocycles. The number of amides is 1. The summed E-state index contributed by atoms with van der Waals surface area (Å²) in [4.78, 5) is 17.1. The third-order valence-electron chi connectivity index (χ3n) is 4.21. The quantitative estimate of drug-likeness (QED) is 0.694. The predicted molar refractivity (Wildman–Crippen MR) is 88.2 cm³/mol. The molecule has 6 heteroatoms. The summed E-state index contributed by atoms with van der Waals surface area (Å²) in [6.45, 7) is 3.56. The van der Waals surface area contributed by atoms with Gasteiger partial charge in [-0.05, 0) is 18.1 Å². The van der Waals surface area contributed by atoms with Crippen LogP contribution < -0.4 is 10.6 Å². The fourth-order valence-electron chi connectivity index (χ4n) is 2.95. The lowest BCUT2D eigenvalue weighted by Crippen LogP contribution is -2.15. The number of carbonyl (C=O) groups excluding carboxylic acids is 1. The largest absolute Gasteiger partial charge is 0.307 e. The molecule has 3 N–H and O–H groups in total. The highest BCUT2D eigenvalue weighted by Crippen LogP contribution is 2.22. The normalized spacial score (nSPS) is 13.3. The first-order valence-electron chi connectivity index (χ1n) is 7.73. The third kappa shape index (κ3) is 2.37. The maximum Gasteiger partial charge on any atom is 0.275 e. The third-order valence-corrected chi connectivity index (χ3v) is 4.21. The van der Waals surface area contributed by atoms with Gasteiger partial charge in [0.1, 0.15) is 5.69 Å². The standard InChI is InChI=1S/C17H17N5O/c1-2-10-4-3-5-11-6-7-13(19-15(10)11)17(23)20-16-12-8-18-9-14(12)21-22-16/h3-7,18H,2,8-9H2,1H3,(H2,20,21,22,23). The molecule has 3 heterocycles. The molecule has 1 amide bonds. The second kappa shape index (κ2) is 5.48. The van der Waals surface area contributed by atoms with E-state index in [1.54, 1.807) is 6.07 Å². The van der Waals surface area contributed by atoms with E-state index < -0.39 is 0 Å². The first kappa shape index (κ1) is 13.9. The van der Waals surface area contributed by atoms with Crippen molar-refractivity contribution in [1.82, 2.24) is 20.5 Å². The lowest BCUT2D eigenvalue weighted by atomic mass is 10.1. The summed E-state index contributed by atoms with van der Waals surface area (Å²) in [5.41, 5.74) is 4.48. The SMILES string of the molecule is CCc1cccc2ccc(C(=O)Nc3n[nH]c4c3CNC4)nc12. The Bertz CT molecular complexity index is 899. The Balaban J connectivity index is 1.66. The molecule has 6 nitrogen and oxygen atoms in total. The lowest BCUT2D eigenvalue weighted by Gasteiger charge is -2.07. The summed E-state index contributed by atoms with van der Waals surface area (Å²) in [5.74, 6) is 0.347. The first-order valence-corrected chi connectivity index (χ1v) is 7.73. The number of carbonyl (C=O) groups is 1. The van der Waals surface area contributed by atoms with Crippen molar-refractivity contribution in [3.63, 3.8) is 0 Å². The Morgan fingerprint density at radius 3 is 3.04 bits per heavy atom. The molecule has 0 fully saturated rings. The van der Waals surface area contributed by atoms with E-state index in [4.69, 9.17) is 0 Å². The highest BCUT2D eigenvalue weighted by Gasteiger charge is 2.20. The zero-order valence-corrected chi connectivity index (χ0v) is 12.8. The minimum atomic E-state index is -0.237. The van der Waals surface area contributed by atoms with Crippen molar-refractivity contribution < 1.29 is 4.79 Å². The summed E-state index contributed by atoms with van der Waals surface area (Å²) in [7, 11) is 0. The Hall–Kier alpha value is -2.73. The summed E-state index contributed by atoms with van der Waals surface area (Å²) in [6, 6.07) is 9.76.